The van der Waals surface area contributed by atoms with E-state index in [1.807, 2.05) is 78.1 Å². The molecule has 0 aliphatic carbocycles. The van der Waals surface area contributed by atoms with Crippen LogP contribution in [0, 0.1) is 0 Å². The maximum Gasteiger partial charge on any atom is 0.0886 e. The average Bonchev–Trinajstić information content (AvgIpc) is 4.15. The lowest BCUT2D eigenvalue weighted by atomic mass is 10.1. The molecular formula is C52H37N7S3. The molecular weight excluding hydrogens is 819 g/mol. The predicted molar refractivity (Wildman–Crippen MR) is 265 cm³/mol. The van der Waals surface area contributed by atoms with Crippen molar-refractivity contribution in [2.75, 3.05) is 0 Å². The Morgan fingerprint density at radius 2 is 0.887 bits per heavy atom. The van der Waals surface area contributed by atoms with Crippen LogP contribution >= 0.6 is 34.0 Å². The highest BCUT2D eigenvalue weighted by molar-refractivity contribution is 7.15. The van der Waals surface area contributed by atoms with E-state index in [9.17, 15) is 0 Å². The second-order valence-corrected chi connectivity index (χ2v) is 16.8. The first-order chi connectivity index (χ1) is 30.7. The van der Waals surface area contributed by atoms with Crippen molar-refractivity contribution in [1.29, 1.82) is 0 Å². The molecule has 10 heterocycles. The minimum Gasteiger partial charge on any atom is -0.355 e. The van der Waals surface area contributed by atoms with Gasteiger partial charge in [-0.2, -0.15) is 22.7 Å². The van der Waals surface area contributed by atoms with Crippen LogP contribution in [0.3, 0.4) is 0 Å². The zero-order valence-corrected chi connectivity index (χ0v) is 35.6. The van der Waals surface area contributed by atoms with E-state index in [0.29, 0.717) is 0 Å². The number of para-hydroxylation sites is 4. The molecule has 3 N–H and O–H groups in total. The fourth-order valence-corrected chi connectivity index (χ4v) is 9.52. The van der Waals surface area contributed by atoms with Crippen LogP contribution in [0.2, 0.25) is 0 Å². The zero-order valence-electron chi connectivity index (χ0n) is 33.1. The van der Waals surface area contributed by atoms with Crippen LogP contribution in [-0.4, -0.2) is 34.9 Å². The van der Waals surface area contributed by atoms with Crippen LogP contribution in [-0.2, 0) is 0 Å². The van der Waals surface area contributed by atoms with Crippen LogP contribution in [0.4, 0.5) is 0 Å². The molecule has 298 valence electrons. The molecule has 8 aromatic heterocycles. The third kappa shape index (κ3) is 8.98. The number of benzene rings is 3. The number of hydrogen-bond donors (Lipinski definition) is 3. The number of thiophene rings is 3. The highest BCUT2D eigenvalue weighted by Crippen LogP contribution is 2.38. The summed E-state index contributed by atoms with van der Waals surface area (Å²) in [5.74, 6) is 0. The fraction of sp³-hybridized carbons (Fsp3) is 0. The second-order valence-electron chi connectivity index (χ2n) is 14.4. The van der Waals surface area contributed by atoms with Gasteiger partial charge in [-0.1, -0.05) is 48.5 Å². The molecule has 8 bridgehead atoms. The Balaban J connectivity index is 0.000000104. The van der Waals surface area contributed by atoms with Gasteiger partial charge >= 0.3 is 0 Å². The maximum absolute atomic E-state index is 4.62. The standard InChI is InChI=1S/C20H14N4.C12H9N.C12H8S3.C8H6N2/c1-2-14-10-16-5-6-18(23-16)12-20-8-7-19(24-20)11-17-4-3-15(22-17)9-13(1)21-14;1-3-7-11-9(5-1)10-6-2-4-8-12(10)13-11;1-4-13-7-9(1)11-3-6-15-12(11)10-2-5-14-8-10;1-2-4-8-7(3-1)9-5-6-10-8/h1-12,21-22H;1-8,13H;1-8H;1-6H. The molecule has 0 saturated heterocycles. The number of H-pyrrole nitrogens is 3. The van der Waals surface area contributed by atoms with E-state index in [1.54, 1.807) is 35.1 Å². The van der Waals surface area contributed by atoms with Crippen LogP contribution in [0.25, 0.3) is 101 Å². The van der Waals surface area contributed by atoms with Crippen molar-refractivity contribution in [1.82, 2.24) is 34.9 Å². The topological polar surface area (TPSA) is 98.9 Å². The van der Waals surface area contributed by atoms with Crippen LogP contribution < -0.4 is 0 Å². The first kappa shape index (κ1) is 38.7. The predicted octanol–water partition coefficient (Wildman–Crippen LogP) is 14.8. The third-order valence-electron chi connectivity index (χ3n) is 10.1. The summed E-state index contributed by atoms with van der Waals surface area (Å²) in [6, 6.07) is 47.5. The number of aromatic nitrogens is 7. The van der Waals surface area contributed by atoms with Gasteiger partial charge in [-0.15, -0.1) is 11.3 Å². The molecule has 0 amide bonds. The van der Waals surface area contributed by atoms with E-state index in [2.05, 4.69) is 159 Å². The number of hydrogen-bond acceptors (Lipinski definition) is 7. The smallest absolute Gasteiger partial charge is 0.0886 e. The summed E-state index contributed by atoms with van der Waals surface area (Å²) in [7, 11) is 0. The highest BCUT2D eigenvalue weighted by Gasteiger charge is 2.09. The molecule has 0 fully saturated rings. The number of fused-ring (bicyclic) bond motifs is 12. The zero-order chi connectivity index (χ0) is 41.5. The monoisotopic (exact) mass is 855 g/mol. The Hall–Kier alpha value is -7.50. The van der Waals surface area contributed by atoms with Gasteiger partial charge in [0.15, 0.2) is 0 Å². The van der Waals surface area contributed by atoms with Crippen molar-refractivity contribution in [2.45, 2.75) is 0 Å². The Bertz CT molecular complexity index is 3240. The van der Waals surface area contributed by atoms with Gasteiger partial charge < -0.3 is 15.0 Å². The van der Waals surface area contributed by atoms with Gasteiger partial charge in [-0.25, -0.2) is 9.97 Å². The minimum absolute atomic E-state index is 0.915. The highest BCUT2D eigenvalue weighted by atomic mass is 32.1. The fourth-order valence-electron chi connectivity index (χ4n) is 7.22. The Morgan fingerprint density at radius 3 is 1.42 bits per heavy atom. The molecule has 7 nitrogen and oxygen atoms in total. The normalized spacial score (nSPS) is 11.4. The van der Waals surface area contributed by atoms with Gasteiger partial charge in [0, 0.05) is 72.3 Å². The maximum atomic E-state index is 4.62. The van der Waals surface area contributed by atoms with Crippen molar-refractivity contribution >= 4 is 113 Å². The van der Waals surface area contributed by atoms with Gasteiger partial charge in [0.05, 0.1) is 33.8 Å². The number of aromatic amines is 3. The van der Waals surface area contributed by atoms with Crippen LogP contribution in [0.1, 0.15) is 22.8 Å². The third-order valence-corrected chi connectivity index (χ3v) is 12.4. The molecule has 0 unspecified atom stereocenters. The van der Waals surface area contributed by atoms with Gasteiger partial charge in [0.2, 0.25) is 0 Å². The second kappa shape index (κ2) is 18.0. The molecule has 62 heavy (non-hydrogen) atoms. The lowest BCUT2D eigenvalue weighted by Gasteiger charge is -1.98. The van der Waals surface area contributed by atoms with Crippen molar-refractivity contribution in [3.05, 3.63) is 202 Å². The molecule has 0 saturated carbocycles. The molecule has 0 atom stereocenters. The number of nitrogens with zero attached hydrogens (tertiary/aromatic N) is 4. The molecule has 0 radical (unpaired) electrons. The molecule has 10 heteroatoms. The summed E-state index contributed by atoms with van der Waals surface area (Å²) in [5, 5.41) is 13.5. The Labute approximate surface area is 369 Å². The van der Waals surface area contributed by atoms with Crippen LogP contribution in [0.5, 0.6) is 0 Å². The molecule has 13 rings (SSSR count). The molecule has 11 aromatic rings. The van der Waals surface area contributed by atoms with E-state index in [4.69, 9.17) is 0 Å². The Kier molecular flexibility index (Phi) is 11.2. The van der Waals surface area contributed by atoms with Gasteiger partial charge in [0.25, 0.3) is 0 Å². The summed E-state index contributed by atoms with van der Waals surface area (Å²) in [6.45, 7) is 0. The first-order valence-corrected chi connectivity index (χ1v) is 22.7. The molecule has 3 aromatic carbocycles. The molecule has 2 aliphatic heterocycles. The van der Waals surface area contributed by atoms with E-state index in [1.165, 1.54) is 43.4 Å². The first-order valence-electron chi connectivity index (χ1n) is 20.0. The van der Waals surface area contributed by atoms with Crippen molar-refractivity contribution in [2.24, 2.45) is 0 Å². The number of rotatable bonds is 2. The lowest BCUT2D eigenvalue weighted by Crippen LogP contribution is -1.78. The van der Waals surface area contributed by atoms with E-state index < -0.39 is 0 Å². The summed E-state index contributed by atoms with van der Waals surface area (Å²) in [6.07, 6.45) is 11.4. The van der Waals surface area contributed by atoms with Gasteiger partial charge in [-0.05, 0) is 148 Å². The molecule has 2 aliphatic rings. The Morgan fingerprint density at radius 1 is 0.403 bits per heavy atom. The largest absolute Gasteiger partial charge is 0.355 e. The SMILES string of the molecule is C1=Cc2cc3ccc(cc4ccc(cc5nc(cc1n2)C=C5)[nH]4)[nH]3.c1cc(-c2ccsc2-c2ccsc2)cs1.c1ccc2c(c1)[nH]c1ccccc12.c1ccc2nccnc2c1. The summed E-state index contributed by atoms with van der Waals surface area (Å²) in [5.41, 5.74) is 16.2. The summed E-state index contributed by atoms with van der Waals surface area (Å²) < 4.78 is 0. The van der Waals surface area contributed by atoms with E-state index in [-0.39, 0.29) is 0 Å². The van der Waals surface area contributed by atoms with Crippen molar-refractivity contribution in [3.63, 3.8) is 0 Å². The van der Waals surface area contributed by atoms with Crippen molar-refractivity contribution < 1.29 is 0 Å². The number of nitrogens with one attached hydrogen (secondary N) is 3. The summed E-state index contributed by atoms with van der Waals surface area (Å²) >= 11 is 5.32. The minimum atomic E-state index is 0.915. The van der Waals surface area contributed by atoms with E-state index in [0.717, 1.165) is 55.9 Å². The van der Waals surface area contributed by atoms with E-state index >= 15 is 0 Å². The average molecular weight is 856 g/mol. The van der Waals surface area contributed by atoms with Gasteiger partial charge in [0.1, 0.15) is 0 Å². The molecule has 0 spiro atoms. The quantitative estimate of drug-likeness (QED) is 0.161. The van der Waals surface area contributed by atoms with Crippen molar-refractivity contribution in [3.8, 4) is 21.6 Å². The lowest BCUT2D eigenvalue weighted by molar-refractivity contribution is 1.28. The summed E-state index contributed by atoms with van der Waals surface area (Å²) in [4.78, 5) is 29.0. The van der Waals surface area contributed by atoms with Gasteiger partial charge in [-0.3, -0.25) is 9.97 Å². The van der Waals surface area contributed by atoms with Crippen LogP contribution in [0.15, 0.2) is 179 Å².